The van der Waals surface area contributed by atoms with Crippen LogP contribution in [0, 0.1) is 0 Å². The monoisotopic (exact) mass is 441 g/mol. The molecule has 2 aromatic rings. The Kier molecular flexibility index (Phi) is 6.92. The van der Waals surface area contributed by atoms with E-state index in [-0.39, 0.29) is 17.9 Å². The Morgan fingerprint density at radius 3 is 2.69 bits per heavy atom. The van der Waals surface area contributed by atoms with Gasteiger partial charge in [-0.2, -0.15) is 0 Å². The van der Waals surface area contributed by atoms with Crippen LogP contribution in [0.5, 0.6) is 11.5 Å². The smallest absolute Gasteiger partial charge is 0.257 e. The number of hydrogen-bond donors (Lipinski definition) is 0. The van der Waals surface area contributed by atoms with Gasteiger partial charge in [-0.25, -0.2) is 0 Å². The molecule has 172 valence electrons. The summed E-state index contributed by atoms with van der Waals surface area (Å²) in [6.07, 6.45) is 6.20. The number of piperidine rings is 1. The van der Waals surface area contributed by atoms with Gasteiger partial charge in [0.25, 0.3) is 5.91 Å². The topological polar surface area (TPSA) is 89.8 Å². The molecule has 9 heteroatoms. The number of carbonyl (C=O) groups is 2. The lowest BCUT2D eigenvalue weighted by Gasteiger charge is -2.37. The number of methoxy groups -OCH3 is 1. The molecular weight excluding hydrogens is 410 g/mol. The summed E-state index contributed by atoms with van der Waals surface area (Å²) in [5.41, 5.74) is 1.39. The molecule has 1 aromatic carbocycles. The molecule has 9 nitrogen and oxygen atoms in total. The summed E-state index contributed by atoms with van der Waals surface area (Å²) in [6, 6.07) is 5.41. The molecule has 1 aromatic heterocycles. The van der Waals surface area contributed by atoms with Gasteiger partial charge in [-0.1, -0.05) is 5.21 Å². The van der Waals surface area contributed by atoms with Crippen molar-refractivity contribution >= 4 is 11.8 Å². The molecule has 5 rings (SSSR count). The van der Waals surface area contributed by atoms with Gasteiger partial charge in [-0.15, -0.1) is 5.10 Å². The van der Waals surface area contributed by atoms with Gasteiger partial charge in [0.05, 0.1) is 25.0 Å². The Bertz CT molecular complexity index is 952. The van der Waals surface area contributed by atoms with Gasteiger partial charge in [0, 0.05) is 51.8 Å². The third kappa shape index (κ3) is 5.03. The number of amides is 2. The molecule has 0 radical (unpaired) electrons. The van der Waals surface area contributed by atoms with Crippen LogP contribution in [0.1, 0.15) is 48.2 Å². The highest BCUT2D eigenvalue weighted by atomic mass is 16.5. The number of hydrogen-bond acceptors (Lipinski definition) is 6. The first-order valence-corrected chi connectivity index (χ1v) is 11.3. The molecule has 0 N–H and O–H groups in total. The zero-order valence-electron chi connectivity index (χ0n) is 18.8. The van der Waals surface area contributed by atoms with E-state index < -0.39 is 0 Å². The van der Waals surface area contributed by atoms with Crippen molar-refractivity contribution in [3.05, 3.63) is 35.7 Å². The number of ether oxygens (including phenoxy) is 2. The average Bonchev–Trinajstić information content (AvgIpc) is 3.28. The third-order valence-corrected chi connectivity index (χ3v) is 6.30. The highest BCUT2D eigenvalue weighted by molar-refractivity contribution is 5.97. The lowest BCUT2D eigenvalue weighted by molar-refractivity contribution is -0.132. The fourth-order valence-electron chi connectivity index (χ4n) is 4.34. The van der Waals surface area contributed by atoms with Gasteiger partial charge in [0.15, 0.2) is 0 Å². The summed E-state index contributed by atoms with van der Waals surface area (Å²) < 4.78 is 13.1. The third-order valence-electron chi connectivity index (χ3n) is 6.30. The van der Waals surface area contributed by atoms with E-state index in [1.54, 1.807) is 34.9 Å². The molecule has 0 atom stereocenters. The molecule has 4 bridgehead atoms. The molecule has 3 aliphatic rings. The van der Waals surface area contributed by atoms with E-state index in [0.29, 0.717) is 49.7 Å². The fourth-order valence-corrected chi connectivity index (χ4v) is 4.34. The minimum Gasteiger partial charge on any atom is -0.497 e. The van der Waals surface area contributed by atoms with Gasteiger partial charge < -0.3 is 19.3 Å². The Morgan fingerprint density at radius 1 is 1.09 bits per heavy atom. The van der Waals surface area contributed by atoms with Gasteiger partial charge in [-0.3, -0.25) is 14.3 Å². The van der Waals surface area contributed by atoms with Crippen LogP contribution < -0.4 is 9.47 Å². The van der Waals surface area contributed by atoms with Crippen LogP contribution in [0.4, 0.5) is 0 Å². The number of nitrogens with zero attached hydrogens (tertiary/aromatic N) is 5. The largest absolute Gasteiger partial charge is 0.497 e. The molecule has 4 heterocycles. The van der Waals surface area contributed by atoms with Crippen LogP contribution in [0.3, 0.4) is 0 Å². The number of aryl methyl sites for hydroxylation is 2. The SMILES string of the molecule is COc1ccc2c(c1)C(=O)N(C)C1CCN(CC1)C(=O)CCCc1cn(nn1)CCCO2. The lowest BCUT2D eigenvalue weighted by atomic mass is 10.0. The molecule has 0 unspecified atom stereocenters. The minimum absolute atomic E-state index is 0.0850. The van der Waals surface area contributed by atoms with Crippen LogP contribution in [-0.4, -0.2) is 76.5 Å². The Hall–Kier alpha value is -3.10. The maximum Gasteiger partial charge on any atom is 0.257 e. The van der Waals surface area contributed by atoms with Crippen LogP contribution in [-0.2, 0) is 17.8 Å². The molecule has 0 saturated carbocycles. The van der Waals surface area contributed by atoms with Crippen molar-refractivity contribution in [1.82, 2.24) is 24.8 Å². The molecule has 1 fully saturated rings. The van der Waals surface area contributed by atoms with Crippen molar-refractivity contribution in [2.45, 2.75) is 51.1 Å². The van der Waals surface area contributed by atoms with E-state index in [4.69, 9.17) is 9.47 Å². The average molecular weight is 442 g/mol. The first-order valence-electron chi connectivity index (χ1n) is 11.3. The van der Waals surface area contributed by atoms with E-state index in [9.17, 15) is 9.59 Å². The summed E-state index contributed by atoms with van der Waals surface area (Å²) in [4.78, 5) is 29.7. The predicted octanol–water partition coefficient (Wildman–Crippen LogP) is 2.16. The van der Waals surface area contributed by atoms with Crippen molar-refractivity contribution in [2.75, 3.05) is 33.9 Å². The number of benzene rings is 1. The predicted molar refractivity (Wildman–Crippen MR) is 118 cm³/mol. The molecule has 0 aliphatic carbocycles. The van der Waals surface area contributed by atoms with Gasteiger partial charge in [0.2, 0.25) is 5.91 Å². The fraction of sp³-hybridized carbons (Fsp3) is 0.565. The number of fused-ring (bicyclic) bond motifs is 9. The first kappa shape index (κ1) is 22.1. The van der Waals surface area contributed by atoms with Crippen molar-refractivity contribution in [2.24, 2.45) is 0 Å². The van der Waals surface area contributed by atoms with E-state index >= 15 is 0 Å². The highest BCUT2D eigenvalue weighted by Gasteiger charge is 2.29. The molecule has 0 spiro atoms. The van der Waals surface area contributed by atoms with Crippen LogP contribution >= 0.6 is 0 Å². The van der Waals surface area contributed by atoms with E-state index in [1.165, 1.54) is 0 Å². The maximum atomic E-state index is 13.4. The molecule has 32 heavy (non-hydrogen) atoms. The van der Waals surface area contributed by atoms with Gasteiger partial charge in [-0.05, 0) is 43.9 Å². The van der Waals surface area contributed by atoms with Crippen molar-refractivity contribution < 1.29 is 19.1 Å². The van der Waals surface area contributed by atoms with Crippen LogP contribution in [0.2, 0.25) is 0 Å². The quantitative estimate of drug-likeness (QED) is 0.674. The normalized spacial score (nSPS) is 19.1. The lowest BCUT2D eigenvalue weighted by Crippen LogP contribution is -2.47. The first-order chi connectivity index (χ1) is 15.5. The van der Waals surface area contributed by atoms with Crippen LogP contribution in [0.15, 0.2) is 24.4 Å². The summed E-state index contributed by atoms with van der Waals surface area (Å²) in [7, 11) is 3.41. The van der Waals surface area contributed by atoms with Crippen molar-refractivity contribution in [1.29, 1.82) is 0 Å². The molecule has 3 aliphatic heterocycles. The van der Waals surface area contributed by atoms with Crippen LogP contribution in [0.25, 0.3) is 0 Å². The number of rotatable bonds is 1. The Balaban J connectivity index is 1.56. The van der Waals surface area contributed by atoms with E-state index in [0.717, 1.165) is 37.8 Å². The Labute approximate surface area is 188 Å². The Morgan fingerprint density at radius 2 is 1.91 bits per heavy atom. The summed E-state index contributed by atoms with van der Waals surface area (Å²) in [5.74, 6) is 1.24. The van der Waals surface area contributed by atoms with E-state index in [1.807, 2.05) is 18.1 Å². The maximum absolute atomic E-state index is 13.4. The second-order valence-electron chi connectivity index (χ2n) is 8.42. The summed E-state index contributed by atoms with van der Waals surface area (Å²) in [5, 5.41) is 8.39. The number of carbonyl (C=O) groups excluding carboxylic acids is 2. The second-order valence-corrected chi connectivity index (χ2v) is 8.42. The van der Waals surface area contributed by atoms with Gasteiger partial charge >= 0.3 is 0 Å². The zero-order valence-corrected chi connectivity index (χ0v) is 18.8. The summed E-state index contributed by atoms with van der Waals surface area (Å²) in [6.45, 7) is 2.46. The van der Waals surface area contributed by atoms with Gasteiger partial charge in [0.1, 0.15) is 11.5 Å². The zero-order chi connectivity index (χ0) is 22.5. The second kappa shape index (κ2) is 10.0. The summed E-state index contributed by atoms with van der Waals surface area (Å²) >= 11 is 0. The molecular formula is C23H31N5O4. The van der Waals surface area contributed by atoms with Crippen molar-refractivity contribution in [3.63, 3.8) is 0 Å². The van der Waals surface area contributed by atoms with E-state index in [2.05, 4.69) is 10.3 Å². The number of aromatic nitrogens is 3. The molecule has 1 saturated heterocycles. The van der Waals surface area contributed by atoms with Crippen molar-refractivity contribution in [3.8, 4) is 11.5 Å². The highest BCUT2D eigenvalue weighted by Crippen LogP contribution is 2.28. The minimum atomic E-state index is -0.0949. The standard InChI is InChI=1S/C23H31N5O4/c1-26-18-9-12-27(13-10-18)22(29)6-3-5-17-16-28(25-24-17)11-4-14-32-21-8-7-19(31-2)15-20(21)23(26)30/h7-8,15-16,18H,3-6,9-14H2,1-2H3. The molecule has 2 amide bonds.